The second-order valence-corrected chi connectivity index (χ2v) is 5.35. The second-order valence-electron chi connectivity index (χ2n) is 5.35. The van der Waals surface area contributed by atoms with Gasteiger partial charge in [0.15, 0.2) is 0 Å². The minimum atomic E-state index is 0.167. The highest BCUT2D eigenvalue weighted by molar-refractivity contribution is 5.77. The van der Waals surface area contributed by atoms with Crippen molar-refractivity contribution < 1.29 is 4.79 Å². The van der Waals surface area contributed by atoms with E-state index in [0.717, 1.165) is 12.1 Å². The van der Waals surface area contributed by atoms with E-state index in [4.69, 9.17) is 5.73 Å². The Morgan fingerprint density at radius 1 is 1.44 bits per heavy atom. The second kappa shape index (κ2) is 5.42. The summed E-state index contributed by atoms with van der Waals surface area (Å²) < 4.78 is 0. The first-order valence-electron chi connectivity index (χ1n) is 6.75. The molecule has 3 unspecified atom stereocenters. The molecule has 1 aromatic rings. The van der Waals surface area contributed by atoms with Gasteiger partial charge in [0, 0.05) is 18.2 Å². The number of amides is 1. The normalized spacial score (nSPS) is 23.4. The number of nitrogen functional groups attached to an aromatic ring is 1. The fourth-order valence-electron chi connectivity index (χ4n) is 2.36. The molecule has 0 bridgehead atoms. The number of carbonyl (C=O) groups excluding carboxylic acids is 1. The third-order valence-electron chi connectivity index (χ3n) is 3.79. The Kier molecular flexibility index (Phi) is 3.90. The highest BCUT2D eigenvalue weighted by atomic mass is 16.1. The summed E-state index contributed by atoms with van der Waals surface area (Å²) in [4.78, 5) is 11.9. The molecule has 3 N–H and O–H groups in total. The summed E-state index contributed by atoms with van der Waals surface area (Å²) >= 11 is 0. The Bertz CT molecular complexity index is 413. The molecule has 0 radical (unpaired) electrons. The van der Waals surface area contributed by atoms with Crippen LogP contribution >= 0.6 is 0 Å². The summed E-state index contributed by atoms with van der Waals surface area (Å²) in [6.07, 6.45) is 2.87. The van der Waals surface area contributed by atoms with Crippen molar-refractivity contribution in [3.63, 3.8) is 0 Å². The molecule has 3 nitrogen and oxygen atoms in total. The van der Waals surface area contributed by atoms with Gasteiger partial charge < -0.3 is 11.1 Å². The van der Waals surface area contributed by atoms with Gasteiger partial charge in [0.1, 0.15) is 0 Å². The average molecular weight is 246 g/mol. The van der Waals surface area contributed by atoms with Gasteiger partial charge in [0.25, 0.3) is 0 Å². The van der Waals surface area contributed by atoms with Gasteiger partial charge in [-0.15, -0.1) is 0 Å². The first kappa shape index (κ1) is 12.9. The van der Waals surface area contributed by atoms with Crippen molar-refractivity contribution in [3.05, 3.63) is 29.8 Å². The van der Waals surface area contributed by atoms with Crippen LogP contribution < -0.4 is 11.1 Å². The molecule has 2 rings (SSSR count). The zero-order valence-electron chi connectivity index (χ0n) is 11.1. The molecule has 3 heteroatoms. The van der Waals surface area contributed by atoms with Crippen LogP contribution in [0.25, 0.3) is 0 Å². The molecule has 1 aromatic carbocycles. The van der Waals surface area contributed by atoms with E-state index in [-0.39, 0.29) is 11.8 Å². The summed E-state index contributed by atoms with van der Waals surface area (Å²) in [7, 11) is 0. The zero-order valence-corrected chi connectivity index (χ0v) is 11.1. The number of hydrogen-bond donors (Lipinski definition) is 2. The molecule has 1 saturated carbocycles. The monoisotopic (exact) mass is 246 g/mol. The maximum Gasteiger partial charge on any atom is 0.220 e. The Labute approximate surface area is 109 Å². The number of benzene rings is 1. The van der Waals surface area contributed by atoms with E-state index in [2.05, 4.69) is 19.2 Å². The predicted molar refractivity (Wildman–Crippen MR) is 74.2 cm³/mol. The number of hydrogen-bond acceptors (Lipinski definition) is 2. The van der Waals surface area contributed by atoms with Crippen LogP contribution in [0.1, 0.15) is 44.6 Å². The van der Waals surface area contributed by atoms with Crippen molar-refractivity contribution in [2.45, 2.75) is 45.1 Å². The maximum absolute atomic E-state index is 11.9. The Hall–Kier alpha value is -1.51. The van der Waals surface area contributed by atoms with Crippen LogP contribution in [0.5, 0.6) is 0 Å². The minimum Gasteiger partial charge on any atom is -0.399 e. The van der Waals surface area contributed by atoms with E-state index < -0.39 is 0 Å². The highest BCUT2D eigenvalue weighted by Gasteiger charge is 2.36. The van der Waals surface area contributed by atoms with Crippen LogP contribution in [0.3, 0.4) is 0 Å². The molecule has 0 saturated heterocycles. The largest absolute Gasteiger partial charge is 0.399 e. The first-order chi connectivity index (χ1) is 8.60. The quantitative estimate of drug-likeness (QED) is 0.785. The highest BCUT2D eigenvalue weighted by Crippen LogP contribution is 2.33. The van der Waals surface area contributed by atoms with E-state index in [1.54, 1.807) is 0 Å². The molecule has 0 spiro atoms. The molecule has 0 heterocycles. The summed E-state index contributed by atoms with van der Waals surface area (Å²) in [5.74, 6) is 1.12. The summed E-state index contributed by atoms with van der Waals surface area (Å²) in [5.41, 5.74) is 7.59. The lowest BCUT2D eigenvalue weighted by Crippen LogP contribution is -2.27. The van der Waals surface area contributed by atoms with Gasteiger partial charge in [-0.1, -0.05) is 32.4 Å². The Balaban J connectivity index is 1.81. The number of anilines is 1. The molecule has 18 heavy (non-hydrogen) atoms. The van der Waals surface area contributed by atoms with Crippen molar-refractivity contribution >= 4 is 11.6 Å². The van der Waals surface area contributed by atoms with Crippen LogP contribution in [0, 0.1) is 5.92 Å². The third kappa shape index (κ3) is 3.25. The van der Waals surface area contributed by atoms with E-state index in [9.17, 15) is 4.79 Å². The van der Waals surface area contributed by atoms with Gasteiger partial charge in [-0.2, -0.15) is 0 Å². The van der Waals surface area contributed by atoms with Gasteiger partial charge in [0.2, 0.25) is 5.91 Å². The summed E-state index contributed by atoms with van der Waals surface area (Å²) in [6.45, 7) is 4.25. The molecule has 3 atom stereocenters. The first-order valence-corrected chi connectivity index (χ1v) is 6.75. The number of rotatable bonds is 5. The standard InChI is InChI=1S/C15H22N2O/c1-3-11-9-14(11)17-15(18)8-10(2)12-4-6-13(16)7-5-12/h4-7,10-11,14H,3,8-9,16H2,1-2H3,(H,17,18). The summed E-state index contributed by atoms with van der Waals surface area (Å²) in [6, 6.07) is 8.20. The van der Waals surface area contributed by atoms with Gasteiger partial charge in [0.05, 0.1) is 0 Å². The lowest BCUT2D eigenvalue weighted by molar-refractivity contribution is -0.121. The topological polar surface area (TPSA) is 55.1 Å². The van der Waals surface area contributed by atoms with Crippen LogP contribution in [0.4, 0.5) is 5.69 Å². The van der Waals surface area contributed by atoms with Crippen LogP contribution in [0.15, 0.2) is 24.3 Å². The van der Waals surface area contributed by atoms with Gasteiger partial charge in [-0.05, 0) is 36.0 Å². The van der Waals surface area contributed by atoms with E-state index in [1.165, 1.54) is 12.0 Å². The minimum absolute atomic E-state index is 0.167. The SMILES string of the molecule is CCC1CC1NC(=O)CC(C)c1ccc(N)cc1. The number of nitrogens with one attached hydrogen (secondary N) is 1. The smallest absolute Gasteiger partial charge is 0.220 e. The Morgan fingerprint density at radius 2 is 2.11 bits per heavy atom. The van der Waals surface area contributed by atoms with Gasteiger partial charge in [-0.3, -0.25) is 4.79 Å². The van der Waals surface area contributed by atoms with Gasteiger partial charge in [-0.25, -0.2) is 0 Å². The molecular weight excluding hydrogens is 224 g/mol. The van der Waals surface area contributed by atoms with Crippen molar-refractivity contribution in [3.8, 4) is 0 Å². The van der Waals surface area contributed by atoms with E-state index in [1.807, 2.05) is 24.3 Å². The van der Waals surface area contributed by atoms with Crippen LogP contribution in [-0.4, -0.2) is 11.9 Å². The lowest BCUT2D eigenvalue weighted by Gasteiger charge is -2.12. The average Bonchev–Trinajstić information content (AvgIpc) is 3.08. The molecular formula is C15H22N2O. The molecule has 1 amide bonds. The zero-order chi connectivity index (χ0) is 13.1. The molecule has 1 aliphatic carbocycles. The van der Waals surface area contributed by atoms with E-state index >= 15 is 0 Å². The van der Waals surface area contributed by atoms with Crippen molar-refractivity contribution in [2.24, 2.45) is 5.92 Å². The number of nitrogens with two attached hydrogens (primary N) is 1. The lowest BCUT2D eigenvalue weighted by atomic mass is 9.97. The van der Waals surface area contributed by atoms with Crippen molar-refractivity contribution in [1.29, 1.82) is 0 Å². The maximum atomic E-state index is 11.9. The van der Waals surface area contributed by atoms with E-state index in [0.29, 0.717) is 18.4 Å². The van der Waals surface area contributed by atoms with Crippen LogP contribution in [-0.2, 0) is 4.79 Å². The molecule has 1 aliphatic rings. The fourth-order valence-corrected chi connectivity index (χ4v) is 2.36. The fraction of sp³-hybridized carbons (Fsp3) is 0.533. The molecule has 0 aliphatic heterocycles. The summed E-state index contributed by atoms with van der Waals surface area (Å²) in [5, 5.41) is 3.10. The Morgan fingerprint density at radius 3 is 2.67 bits per heavy atom. The van der Waals surface area contributed by atoms with Crippen molar-refractivity contribution in [2.75, 3.05) is 5.73 Å². The molecule has 0 aromatic heterocycles. The predicted octanol–water partition coefficient (Wildman–Crippen LogP) is 2.68. The van der Waals surface area contributed by atoms with Crippen molar-refractivity contribution in [1.82, 2.24) is 5.32 Å². The molecule has 98 valence electrons. The third-order valence-corrected chi connectivity index (χ3v) is 3.79. The van der Waals surface area contributed by atoms with Gasteiger partial charge >= 0.3 is 0 Å². The van der Waals surface area contributed by atoms with Crippen LogP contribution in [0.2, 0.25) is 0 Å². The number of carbonyl (C=O) groups is 1. The molecule has 1 fully saturated rings.